The Labute approximate surface area is 440 Å². The van der Waals surface area contributed by atoms with Crippen molar-refractivity contribution in [2.45, 2.75) is 94.4 Å². The van der Waals surface area contributed by atoms with Gasteiger partial charge in [0.1, 0.15) is 56.1 Å². The molecule has 9 atom stereocenters. The molecule has 398 valence electrons. The van der Waals surface area contributed by atoms with Crippen LogP contribution in [-0.2, 0) is 106 Å². The van der Waals surface area contributed by atoms with E-state index in [1.165, 1.54) is 0 Å². The number of benzene rings is 6. The Morgan fingerprint density at radius 1 is 0.347 bits per heavy atom. The maximum atomic E-state index is 7.56. The summed E-state index contributed by atoms with van der Waals surface area (Å²) in [7, 11) is 0. The third kappa shape index (κ3) is 16.6. The fraction of sp³-hybridized carbons (Fsp3) is 0.410. The van der Waals surface area contributed by atoms with Gasteiger partial charge in [0.25, 0.3) is 0 Å². The lowest BCUT2D eigenvalue weighted by Crippen LogP contribution is -2.65. The van der Waals surface area contributed by atoms with Crippen LogP contribution in [-0.4, -0.2) is 121 Å². The van der Waals surface area contributed by atoms with Crippen LogP contribution in [0.1, 0.15) is 33.4 Å². The third-order valence-electron chi connectivity index (χ3n) is 13.0. The Bertz CT molecular complexity index is 2440. The van der Waals surface area contributed by atoms with Crippen LogP contribution < -0.4 is 0 Å². The highest BCUT2D eigenvalue weighted by molar-refractivity contribution is 5.18. The maximum Gasteiger partial charge on any atom is 0.224 e. The van der Waals surface area contributed by atoms with E-state index in [9.17, 15) is 0 Å². The summed E-state index contributed by atoms with van der Waals surface area (Å²) in [5.74, 6) is -1.75. The van der Waals surface area contributed by atoms with Crippen LogP contribution in [0, 0.1) is 0 Å². The van der Waals surface area contributed by atoms with Crippen molar-refractivity contribution in [2.24, 2.45) is 0 Å². The fourth-order valence-electron chi connectivity index (χ4n) is 9.26. The summed E-state index contributed by atoms with van der Waals surface area (Å²) in [4.78, 5) is 0. The Morgan fingerprint density at radius 3 is 1.19 bits per heavy atom. The molecule has 3 saturated heterocycles. The molecule has 0 amide bonds. The lowest BCUT2D eigenvalue weighted by atomic mass is 9.97. The molecule has 0 aromatic heterocycles. The first kappa shape index (κ1) is 54.5. The molecule has 0 spiro atoms. The predicted octanol–water partition coefficient (Wildman–Crippen LogP) is 9.02. The zero-order valence-corrected chi connectivity index (χ0v) is 42.5. The van der Waals surface area contributed by atoms with E-state index in [0.717, 1.165) is 33.4 Å². The first-order chi connectivity index (χ1) is 37.2. The monoisotopic (exact) mass is 1030 g/mol. The second-order valence-electron chi connectivity index (χ2n) is 18.6. The third-order valence-corrected chi connectivity index (χ3v) is 13.0. The van der Waals surface area contributed by atoms with Crippen LogP contribution >= 0.6 is 0 Å². The van der Waals surface area contributed by atoms with Crippen molar-refractivity contribution in [1.29, 1.82) is 0 Å². The highest BCUT2D eigenvalue weighted by Crippen LogP contribution is 2.42. The molecular formula is C61H70O14. The number of rotatable bonds is 21. The van der Waals surface area contributed by atoms with Crippen molar-refractivity contribution in [3.8, 4) is 0 Å². The van der Waals surface area contributed by atoms with Crippen molar-refractivity contribution in [3.05, 3.63) is 215 Å². The molecule has 6 aromatic carbocycles. The van der Waals surface area contributed by atoms with Crippen molar-refractivity contribution in [3.63, 3.8) is 0 Å². The highest BCUT2D eigenvalue weighted by atomic mass is 16.8. The molecule has 6 aromatic rings. The van der Waals surface area contributed by atoms with Crippen LogP contribution in [0.4, 0.5) is 0 Å². The number of hydrogen-bond donors (Lipinski definition) is 0. The van der Waals surface area contributed by atoms with E-state index in [1.54, 1.807) is 0 Å². The van der Waals surface area contributed by atoms with E-state index in [0.29, 0.717) is 33.0 Å². The van der Waals surface area contributed by atoms with Gasteiger partial charge >= 0.3 is 0 Å². The first-order valence-electron chi connectivity index (χ1n) is 26.0. The Morgan fingerprint density at radius 2 is 0.720 bits per heavy atom. The van der Waals surface area contributed by atoms with Gasteiger partial charge in [-0.3, -0.25) is 0 Å². The van der Waals surface area contributed by atoms with Gasteiger partial charge in [0.05, 0.1) is 92.5 Å². The van der Waals surface area contributed by atoms with Crippen molar-refractivity contribution < 1.29 is 66.3 Å². The van der Waals surface area contributed by atoms with Gasteiger partial charge < -0.3 is 66.3 Å². The molecule has 0 unspecified atom stereocenters. The van der Waals surface area contributed by atoms with Gasteiger partial charge in [-0.2, -0.15) is 0 Å². The number of hydrogen-bond acceptors (Lipinski definition) is 14. The average molecular weight is 1030 g/mol. The summed E-state index contributed by atoms with van der Waals surface area (Å²) in [6, 6.07) is 59.9. The quantitative estimate of drug-likeness (QED) is 0.0502. The largest absolute Gasteiger partial charge is 0.377 e. The molecule has 0 saturated carbocycles. The van der Waals surface area contributed by atoms with Crippen LogP contribution in [0.5, 0.6) is 0 Å². The Kier molecular flexibility index (Phi) is 21.7. The molecule has 9 rings (SSSR count). The molecule has 0 N–H and O–H groups in total. The molecule has 75 heavy (non-hydrogen) atoms. The van der Waals surface area contributed by atoms with E-state index in [4.69, 9.17) is 66.3 Å². The van der Waals surface area contributed by atoms with Crippen molar-refractivity contribution in [2.75, 3.05) is 66.3 Å². The van der Waals surface area contributed by atoms with Gasteiger partial charge in [-0.05, 0) is 33.4 Å². The highest BCUT2D eigenvalue weighted by Gasteiger charge is 2.62. The predicted molar refractivity (Wildman–Crippen MR) is 278 cm³/mol. The molecule has 14 heteroatoms. The van der Waals surface area contributed by atoms with Crippen molar-refractivity contribution in [1.82, 2.24) is 0 Å². The summed E-state index contributed by atoms with van der Waals surface area (Å²) in [5, 5.41) is 0. The molecule has 4 bridgehead atoms. The SMILES string of the molecule is c1ccc(COCOC[C@@]23O[C@H]4O[C@H](COCCOCCOCCOC[C@@H](O2)[C@@H](OCc2ccccc2)[C@@H]3OCc2ccccc2)[C@H](OCc2ccccc2)[C@H](OCc2ccccc2)[C@H]4OCc2ccccc2)cc1. The number of fused-ring (bicyclic) bond motifs is 4. The van der Waals surface area contributed by atoms with Crippen molar-refractivity contribution >= 4 is 0 Å². The van der Waals surface area contributed by atoms with E-state index >= 15 is 0 Å². The Hall–Kier alpha value is -5.24. The molecular weight excluding hydrogens is 957 g/mol. The van der Waals surface area contributed by atoms with Gasteiger partial charge in [0.15, 0.2) is 6.29 Å². The van der Waals surface area contributed by atoms with Crippen LogP contribution in [0.3, 0.4) is 0 Å². The smallest absolute Gasteiger partial charge is 0.224 e. The number of ether oxygens (including phenoxy) is 14. The normalized spacial score (nSPS) is 25.9. The molecule has 0 radical (unpaired) electrons. The fourth-order valence-corrected chi connectivity index (χ4v) is 9.26. The maximum absolute atomic E-state index is 7.56. The van der Waals surface area contributed by atoms with Crippen LogP contribution in [0.2, 0.25) is 0 Å². The minimum atomic E-state index is -1.75. The van der Waals surface area contributed by atoms with Gasteiger partial charge in [-0.1, -0.05) is 182 Å². The zero-order valence-electron chi connectivity index (χ0n) is 42.5. The van der Waals surface area contributed by atoms with Gasteiger partial charge in [-0.25, -0.2) is 0 Å². The van der Waals surface area contributed by atoms with Gasteiger partial charge in [-0.15, -0.1) is 0 Å². The topological polar surface area (TPSA) is 129 Å². The standard InChI is InChI=1S/C61H70O14/c1-7-19-47(20-8-1)37-66-46-67-45-61-59(72-42-52-29-17-6-18-30-52)56(69-39-49-23-11-3-12-24-49)54(74-61)44-65-36-34-63-32-31-62-33-35-64-43-53-55(68-38-48-21-9-2-10-22-48)57(70-40-50-25-13-4-14-26-50)58(60(73-53)75-61)71-41-51-27-15-5-16-28-51/h1-30,53-60H,31-46H2/t53-,54-,55+,56-,57+,58-,59+,60-,61+/m1/s1. The minimum absolute atomic E-state index is 0.0979. The Balaban J connectivity index is 1.13. The summed E-state index contributed by atoms with van der Waals surface area (Å²) in [6.45, 7) is 3.39. The van der Waals surface area contributed by atoms with Gasteiger partial charge in [0.2, 0.25) is 5.79 Å². The van der Waals surface area contributed by atoms with E-state index < -0.39 is 54.8 Å². The molecule has 0 aliphatic carbocycles. The summed E-state index contributed by atoms with van der Waals surface area (Å²) < 4.78 is 94.5. The van der Waals surface area contributed by atoms with E-state index in [1.807, 2.05) is 182 Å². The summed E-state index contributed by atoms with van der Waals surface area (Å²) in [6.07, 6.45) is -6.90. The summed E-state index contributed by atoms with van der Waals surface area (Å²) >= 11 is 0. The zero-order chi connectivity index (χ0) is 51.0. The molecule has 3 fully saturated rings. The van der Waals surface area contributed by atoms with E-state index in [-0.39, 0.29) is 72.9 Å². The molecule has 3 heterocycles. The van der Waals surface area contributed by atoms with Gasteiger partial charge in [0, 0.05) is 0 Å². The molecule has 3 aliphatic heterocycles. The first-order valence-corrected chi connectivity index (χ1v) is 26.0. The second-order valence-corrected chi connectivity index (χ2v) is 18.6. The van der Waals surface area contributed by atoms with Crippen LogP contribution in [0.15, 0.2) is 182 Å². The van der Waals surface area contributed by atoms with Crippen LogP contribution in [0.25, 0.3) is 0 Å². The lowest BCUT2D eigenvalue weighted by molar-refractivity contribution is -0.400. The summed E-state index contributed by atoms with van der Waals surface area (Å²) in [5.41, 5.74) is 5.78. The van der Waals surface area contributed by atoms with E-state index in [2.05, 4.69) is 0 Å². The molecule has 14 nitrogen and oxygen atoms in total. The second kappa shape index (κ2) is 29.9. The molecule has 3 aliphatic rings. The average Bonchev–Trinajstić information content (AvgIpc) is 3.75. The lowest BCUT2D eigenvalue weighted by Gasteiger charge is -2.48. The minimum Gasteiger partial charge on any atom is -0.377 e.